The standard InChI is InChI=1S/C23H23N7OS/c1-28-21(25-26-23(28)32)16-9-12-29(13-10-16)22(31)19-15-30(18-7-3-2-4-8-18)27-20(19)17-6-5-11-24-14-17/h2-8,11,14-16H,9-10,12-13H2,1H3,(H,26,32). The lowest BCUT2D eigenvalue weighted by Gasteiger charge is -2.31. The van der Waals surface area contributed by atoms with Gasteiger partial charge in [0.1, 0.15) is 11.5 Å². The Morgan fingerprint density at radius 2 is 1.91 bits per heavy atom. The molecule has 5 rings (SSSR count). The Hall–Kier alpha value is -3.59. The van der Waals surface area contributed by atoms with E-state index in [9.17, 15) is 4.79 Å². The van der Waals surface area contributed by atoms with Gasteiger partial charge in [-0.3, -0.25) is 14.9 Å². The number of nitrogens with one attached hydrogen (secondary N) is 1. The zero-order valence-electron chi connectivity index (χ0n) is 17.7. The molecule has 0 bridgehead atoms. The van der Waals surface area contributed by atoms with Crippen LogP contribution in [0.4, 0.5) is 0 Å². The minimum atomic E-state index is -0.0140. The summed E-state index contributed by atoms with van der Waals surface area (Å²) in [5.74, 6) is 1.22. The molecule has 0 atom stereocenters. The van der Waals surface area contributed by atoms with Crippen molar-refractivity contribution < 1.29 is 4.79 Å². The van der Waals surface area contributed by atoms with Crippen molar-refractivity contribution in [1.82, 2.24) is 34.4 Å². The van der Waals surface area contributed by atoms with Crippen molar-refractivity contribution in [2.24, 2.45) is 7.05 Å². The quantitative estimate of drug-likeness (QED) is 0.484. The average molecular weight is 446 g/mol. The Morgan fingerprint density at radius 1 is 1.12 bits per heavy atom. The monoisotopic (exact) mass is 445 g/mol. The number of pyridine rings is 1. The normalized spacial score (nSPS) is 14.6. The van der Waals surface area contributed by atoms with Crippen LogP contribution in [0.25, 0.3) is 16.9 Å². The lowest BCUT2D eigenvalue weighted by molar-refractivity contribution is 0.0711. The van der Waals surface area contributed by atoms with E-state index in [2.05, 4.69) is 15.2 Å². The molecule has 0 radical (unpaired) electrons. The zero-order valence-corrected chi connectivity index (χ0v) is 18.5. The molecule has 1 aliphatic heterocycles. The summed E-state index contributed by atoms with van der Waals surface area (Å²) in [6, 6.07) is 13.6. The lowest BCUT2D eigenvalue weighted by Crippen LogP contribution is -2.38. The number of H-pyrrole nitrogens is 1. The molecular formula is C23H23N7OS. The molecule has 8 nitrogen and oxygen atoms in total. The Kier molecular flexibility index (Phi) is 5.40. The van der Waals surface area contributed by atoms with Gasteiger partial charge in [-0.05, 0) is 49.3 Å². The number of para-hydroxylation sites is 1. The molecule has 32 heavy (non-hydrogen) atoms. The molecule has 9 heteroatoms. The van der Waals surface area contributed by atoms with Crippen molar-refractivity contribution >= 4 is 18.1 Å². The highest BCUT2D eigenvalue weighted by Gasteiger charge is 2.29. The van der Waals surface area contributed by atoms with E-state index in [-0.39, 0.29) is 11.8 Å². The number of piperidine rings is 1. The van der Waals surface area contributed by atoms with E-state index >= 15 is 0 Å². The fourth-order valence-corrected chi connectivity index (χ4v) is 4.33. The average Bonchev–Trinajstić information content (AvgIpc) is 3.44. The number of amides is 1. The van der Waals surface area contributed by atoms with Gasteiger partial charge in [-0.1, -0.05) is 18.2 Å². The van der Waals surface area contributed by atoms with E-state index in [4.69, 9.17) is 17.3 Å². The van der Waals surface area contributed by atoms with Gasteiger partial charge in [-0.15, -0.1) is 0 Å². The Bertz CT molecular complexity index is 1280. The van der Waals surface area contributed by atoms with Crippen LogP contribution in [0, 0.1) is 4.77 Å². The molecule has 1 fully saturated rings. The van der Waals surface area contributed by atoms with Crippen LogP contribution in [-0.2, 0) is 7.05 Å². The SMILES string of the molecule is Cn1c(C2CCN(C(=O)c3cn(-c4ccccc4)nc3-c3cccnc3)CC2)n[nH]c1=S. The third kappa shape index (κ3) is 3.75. The molecule has 0 unspecified atom stereocenters. The first-order valence-electron chi connectivity index (χ1n) is 10.6. The van der Waals surface area contributed by atoms with E-state index in [0.29, 0.717) is 29.1 Å². The molecule has 0 spiro atoms. The van der Waals surface area contributed by atoms with E-state index in [0.717, 1.165) is 29.9 Å². The summed E-state index contributed by atoms with van der Waals surface area (Å²) in [5, 5.41) is 12.0. The Labute approximate surface area is 190 Å². The summed E-state index contributed by atoms with van der Waals surface area (Å²) in [7, 11) is 1.93. The van der Waals surface area contributed by atoms with Crippen molar-refractivity contribution in [2.75, 3.05) is 13.1 Å². The molecular weight excluding hydrogens is 422 g/mol. The first kappa shape index (κ1) is 20.3. The van der Waals surface area contributed by atoms with Crippen LogP contribution in [0.2, 0.25) is 0 Å². The zero-order chi connectivity index (χ0) is 22.1. The number of hydrogen-bond acceptors (Lipinski definition) is 5. The highest BCUT2D eigenvalue weighted by atomic mass is 32.1. The predicted octanol–water partition coefficient (Wildman–Crippen LogP) is 3.75. The maximum atomic E-state index is 13.6. The second-order valence-corrected chi connectivity index (χ2v) is 8.31. The van der Waals surface area contributed by atoms with Crippen molar-refractivity contribution in [3.05, 3.63) is 77.2 Å². The van der Waals surface area contributed by atoms with Gasteiger partial charge in [0.2, 0.25) is 0 Å². The fraction of sp³-hybridized carbons (Fsp3) is 0.261. The number of nitrogens with zero attached hydrogens (tertiary/aromatic N) is 6. The molecule has 1 saturated heterocycles. The maximum Gasteiger partial charge on any atom is 0.257 e. The number of likely N-dealkylation sites (tertiary alicyclic amines) is 1. The van der Waals surface area contributed by atoms with Crippen LogP contribution in [0.5, 0.6) is 0 Å². The molecule has 1 aromatic carbocycles. The molecule has 0 saturated carbocycles. The summed E-state index contributed by atoms with van der Waals surface area (Å²) in [4.78, 5) is 19.7. The number of aromatic amines is 1. The second kappa shape index (κ2) is 8.51. The van der Waals surface area contributed by atoms with Crippen molar-refractivity contribution in [3.8, 4) is 16.9 Å². The van der Waals surface area contributed by atoms with Gasteiger partial charge in [-0.2, -0.15) is 10.2 Å². The van der Waals surface area contributed by atoms with Gasteiger partial charge in [-0.25, -0.2) is 4.68 Å². The third-order valence-corrected chi connectivity index (χ3v) is 6.33. The molecule has 0 aliphatic carbocycles. The predicted molar refractivity (Wildman–Crippen MR) is 123 cm³/mol. The topological polar surface area (TPSA) is 84.6 Å². The summed E-state index contributed by atoms with van der Waals surface area (Å²) >= 11 is 5.24. The van der Waals surface area contributed by atoms with Crippen LogP contribution in [-0.4, -0.2) is 53.4 Å². The van der Waals surface area contributed by atoms with Gasteiger partial charge in [0, 0.05) is 50.2 Å². The Balaban J connectivity index is 1.42. The molecule has 4 heterocycles. The third-order valence-electron chi connectivity index (χ3n) is 5.96. The second-order valence-electron chi connectivity index (χ2n) is 7.93. The first-order valence-corrected chi connectivity index (χ1v) is 11.0. The van der Waals surface area contributed by atoms with Gasteiger partial charge in [0.15, 0.2) is 4.77 Å². The smallest absolute Gasteiger partial charge is 0.257 e. The molecule has 162 valence electrons. The van der Waals surface area contributed by atoms with Crippen LogP contribution < -0.4 is 0 Å². The minimum absolute atomic E-state index is 0.0140. The highest BCUT2D eigenvalue weighted by Crippen LogP contribution is 2.29. The Morgan fingerprint density at radius 3 is 2.56 bits per heavy atom. The molecule has 4 aromatic rings. The summed E-state index contributed by atoms with van der Waals surface area (Å²) in [5.41, 5.74) is 2.95. The lowest BCUT2D eigenvalue weighted by atomic mass is 9.95. The summed E-state index contributed by atoms with van der Waals surface area (Å²) < 4.78 is 4.30. The van der Waals surface area contributed by atoms with Gasteiger partial charge in [0.05, 0.1) is 11.3 Å². The summed E-state index contributed by atoms with van der Waals surface area (Å²) in [6.45, 7) is 1.32. The van der Waals surface area contributed by atoms with Crippen molar-refractivity contribution in [1.29, 1.82) is 0 Å². The first-order chi connectivity index (χ1) is 15.6. The minimum Gasteiger partial charge on any atom is -0.338 e. The van der Waals surface area contributed by atoms with Crippen LogP contribution in [0.15, 0.2) is 61.1 Å². The number of aromatic nitrogens is 6. The largest absolute Gasteiger partial charge is 0.338 e. The highest BCUT2D eigenvalue weighted by molar-refractivity contribution is 7.71. The molecule has 3 aromatic heterocycles. The van der Waals surface area contributed by atoms with E-state index in [1.807, 2.05) is 65.2 Å². The molecule has 1 N–H and O–H groups in total. The van der Waals surface area contributed by atoms with Crippen LogP contribution in [0.3, 0.4) is 0 Å². The van der Waals surface area contributed by atoms with Crippen LogP contribution >= 0.6 is 12.2 Å². The van der Waals surface area contributed by atoms with Gasteiger partial charge >= 0.3 is 0 Å². The number of benzene rings is 1. The van der Waals surface area contributed by atoms with E-state index in [1.54, 1.807) is 17.1 Å². The van der Waals surface area contributed by atoms with E-state index < -0.39 is 0 Å². The number of hydrogen-bond donors (Lipinski definition) is 1. The molecule has 1 amide bonds. The van der Waals surface area contributed by atoms with Crippen LogP contribution in [0.1, 0.15) is 34.9 Å². The van der Waals surface area contributed by atoms with E-state index in [1.165, 1.54) is 0 Å². The van der Waals surface area contributed by atoms with Crippen molar-refractivity contribution in [3.63, 3.8) is 0 Å². The van der Waals surface area contributed by atoms with Gasteiger partial charge < -0.3 is 9.47 Å². The summed E-state index contributed by atoms with van der Waals surface area (Å²) in [6.07, 6.45) is 6.96. The number of carbonyl (C=O) groups excluding carboxylic acids is 1. The maximum absolute atomic E-state index is 13.6. The fourth-order valence-electron chi connectivity index (χ4n) is 4.19. The van der Waals surface area contributed by atoms with Gasteiger partial charge in [0.25, 0.3) is 5.91 Å². The number of rotatable bonds is 4. The number of carbonyl (C=O) groups is 1. The molecule has 1 aliphatic rings. The van der Waals surface area contributed by atoms with Crippen molar-refractivity contribution in [2.45, 2.75) is 18.8 Å².